The Morgan fingerprint density at radius 2 is 2.17 bits per heavy atom. The fourth-order valence-corrected chi connectivity index (χ4v) is 3.05. The summed E-state index contributed by atoms with van der Waals surface area (Å²) in [6, 6.07) is 3.54. The molecule has 2 atom stereocenters. The molecular formula is C13H17F2NOS. The van der Waals surface area contributed by atoms with Gasteiger partial charge in [0.25, 0.3) is 0 Å². The van der Waals surface area contributed by atoms with Gasteiger partial charge in [-0.1, -0.05) is 13.0 Å². The second-order valence-corrected chi connectivity index (χ2v) is 5.30. The minimum atomic E-state index is -0.514. The molecule has 2 rings (SSSR count). The predicted molar refractivity (Wildman–Crippen MR) is 69.8 cm³/mol. The molecule has 0 radical (unpaired) electrons. The second-order valence-electron chi connectivity index (χ2n) is 4.15. The van der Waals surface area contributed by atoms with Crippen molar-refractivity contribution in [3.63, 3.8) is 0 Å². The molecule has 1 aliphatic heterocycles. The zero-order valence-electron chi connectivity index (χ0n) is 10.3. The third-order valence-electron chi connectivity index (χ3n) is 2.95. The molecule has 1 aliphatic rings. The van der Waals surface area contributed by atoms with Gasteiger partial charge in [-0.15, -0.1) is 0 Å². The summed E-state index contributed by atoms with van der Waals surface area (Å²) in [6.45, 7) is 3.19. The van der Waals surface area contributed by atoms with E-state index in [9.17, 15) is 8.78 Å². The van der Waals surface area contributed by atoms with Gasteiger partial charge >= 0.3 is 0 Å². The standard InChI is InChI=1S/C13H17F2NOS/c1-2-16-13(11-8-18-7-6-17-11)12-9(14)4-3-5-10(12)15/h3-5,11,13,16H,2,6-8H2,1H3. The van der Waals surface area contributed by atoms with Crippen molar-refractivity contribution < 1.29 is 13.5 Å². The average Bonchev–Trinajstić information content (AvgIpc) is 2.38. The lowest BCUT2D eigenvalue weighted by atomic mass is 10.0. The summed E-state index contributed by atoms with van der Waals surface area (Å²) in [5, 5.41) is 3.13. The van der Waals surface area contributed by atoms with E-state index in [1.54, 1.807) is 11.8 Å². The highest BCUT2D eigenvalue weighted by Crippen LogP contribution is 2.29. The Balaban J connectivity index is 2.28. The monoisotopic (exact) mass is 273 g/mol. The van der Waals surface area contributed by atoms with Crippen molar-refractivity contribution in [2.24, 2.45) is 0 Å². The van der Waals surface area contributed by atoms with Gasteiger partial charge in [0.05, 0.1) is 18.8 Å². The van der Waals surface area contributed by atoms with Crippen molar-refractivity contribution in [3.8, 4) is 0 Å². The summed E-state index contributed by atoms with van der Waals surface area (Å²) < 4.78 is 33.3. The van der Waals surface area contributed by atoms with E-state index in [0.29, 0.717) is 13.2 Å². The maximum absolute atomic E-state index is 13.8. The van der Waals surface area contributed by atoms with Gasteiger partial charge in [0, 0.05) is 17.1 Å². The van der Waals surface area contributed by atoms with Gasteiger partial charge in [-0.2, -0.15) is 11.8 Å². The minimum absolute atomic E-state index is 0.0897. The number of hydrogen-bond acceptors (Lipinski definition) is 3. The lowest BCUT2D eigenvalue weighted by Gasteiger charge is -2.31. The van der Waals surface area contributed by atoms with E-state index in [4.69, 9.17) is 4.74 Å². The van der Waals surface area contributed by atoms with Crippen LogP contribution in [0.15, 0.2) is 18.2 Å². The van der Waals surface area contributed by atoms with Gasteiger partial charge in [-0.3, -0.25) is 0 Å². The molecule has 18 heavy (non-hydrogen) atoms. The molecule has 0 spiro atoms. The summed E-state index contributed by atoms with van der Waals surface area (Å²) in [7, 11) is 0. The molecule has 1 aromatic rings. The van der Waals surface area contributed by atoms with Crippen LogP contribution in [-0.2, 0) is 4.74 Å². The molecule has 5 heteroatoms. The van der Waals surface area contributed by atoms with Crippen LogP contribution in [0.5, 0.6) is 0 Å². The van der Waals surface area contributed by atoms with E-state index in [2.05, 4.69) is 5.32 Å². The van der Waals surface area contributed by atoms with Crippen molar-refractivity contribution in [2.75, 3.05) is 24.7 Å². The first-order chi connectivity index (χ1) is 8.74. The zero-order valence-corrected chi connectivity index (χ0v) is 11.1. The molecule has 1 N–H and O–H groups in total. The number of rotatable bonds is 4. The van der Waals surface area contributed by atoms with E-state index in [-0.39, 0.29) is 11.7 Å². The van der Waals surface area contributed by atoms with Crippen molar-refractivity contribution in [1.29, 1.82) is 0 Å². The highest BCUT2D eigenvalue weighted by atomic mass is 32.2. The Morgan fingerprint density at radius 1 is 1.44 bits per heavy atom. The predicted octanol–water partition coefficient (Wildman–Crippen LogP) is 2.75. The number of benzene rings is 1. The smallest absolute Gasteiger partial charge is 0.131 e. The molecule has 2 unspecified atom stereocenters. The molecule has 0 saturated carbocycles. The third-order valence-corrected chi connectivity index (χ3v) is 3.97. The molecular weight excluding hydrogens is 256 g/mol. The Kier molecular flexibility index (Phi) is 4.97. The summed E-state index contributed by atoms with van der Waals surface area (Å²) in [6.07, 6.45) is -0.185. The van der Waals surface area contributed by atoms with Crippen LogP contribution in [0.3, 0.4) is 0 Å². The van der Waals surface area contributed by atoms with Crippen LogP contribution in [0.1, 0.15) is 18.5 Å². The molecule has 0 amide bonds. The maximum Gasteiger partial charge on any atom is 0.131 e. The Labute approximate surface area is 110 Å². The van der Waals surface area contributed by atoms with Crippen LogP contribution in [0.4, 0.5) is 8.78 Å². The molecule has 1 fully saturated rings. The quantitative estimate of drug-likeness (QED) is 0.911. The lowest BCUT2D eigenvalue weighted by Crippen LogP contribution is -2.39. The summed E-state index contributed by atoms with van der Waals surface area (Å²) in [5.74, 6) is 0.667. The lowest BCUT2D eigenvalue weighted by molar-refractivity contribution is 0.0452. The second kappa shape index (κ2) is 6.50. The van der Waals surface area contributed by atoms with Crippen LogP contribution >= 0.6 is 11.8 Å². The van der Waals surface area contributed by atoms with Crippen LogP contribution < -0.4 is 5.32 Å². The van der Waals surface area contributed by atoms with Crippen molar-refractivity contribution in [3.05, 3.63) is 35.4 Å². The SMILES string of the molecule is CCNC(c1c(F)cccc1F)C1CSCCO1. The van der Waals surface area contributed by atoms with Crippen LogP contribution in [0, 0.1) is 11.6 Å². The normalized spacial score (nSPS) is 21.8. The van der Waals surface area contributed by atoms with Gasteiger partial charge in [-0.05, 0) is 18.7 Å². The minimum Gasteiger partial charge on any atom is -0.375 e. The van der Waals surface area contributed by atoms with Gasteiger partial charge < -0.3 is 10.1 Å². The molecule has 0 aliphatic carbocycles. The fraction of sp³-hybridized carbons (Fsp3) is 0.538. The van der Waals surface area contributed by atoms with Gasteiger partial charge in [0.15, 0.2) is 0 Å². The Bertz CT molecular complexity index is 376. The van der Waals surface area contributed by atoms with Crippen LogP contribution in [0.25, 0.3) is 0 Å². The van der Waals surface area contributed by atoms with E-state index < -0.39 is 17.7 Å². The number of thioether (sulfide) groups is 1. The molecule has 1 saturated heterocycles. The molecule has 1 heterocycles. The summed E-state index contributed by atoms with van der Waals surface area (Å²) >= 11 is 1.75. The topological polar surface area (TPSA) is 21.3 Å². The van der Waals surface area contributed by atoms with Crippen molar-refractivity contribution in [1.82, 2.24) is 5.32 Å². The molecule has 1 aromatic carbocycles. The first-order valence-corrected chi connectivity index (χ1v) is 7.26. The summed E-state index contributed by atoms with van der Waals surface area (Å²) in [5.41, 5.74) is 0.0897. The number of nitrogens with one attached hydrogen (secondary N) is 1. The highest BCUT2D eigenvalue weighted by molar-refractivity contribution is 7.99. The van der Waals surface area contributed by atoms with E-state index in [0.717, 1.165) is 11.5 Å². The van der Waals surface area contributed by atoms with Crippen LogP contribution in [0.2, 0.25) is 0 Å². The van der Waals surface area contributed by atoms with Gasteiger partial charge in [0.1, 0.15) is 11.6 Å². The summed E-state index contributed by atoms with van der Waals surface area (Å²) in [4.78, 5) is 0. The molecule has 0 aromatic heterocycles. The van der Waals surface area contributed by atoms with Crippen LogP contribution in [-0.4, -0.2) is 30.8 Å². The number of hydrogen-bond donors (Lipinski definition) is 1. The number of ether oxygens (including phenoxy) is 1. The Hall–Kier alpha value is -0.650. The molecule has 0 bridgehead atoms. The number of likely N-dealkylation sites (N-methyl/N-ethyl adjacent to an activating group) is 1. The van der Waals surface area contributed by atoms with E-state index in [1.165, 1.54) is 18.2 Å². The molecule has 100 valence electrons. The van der Waals surface area contributed by atoms with E-state index >= 15 is 0 Å². The van der Waals surface area contributed by atoms with Crippen molar-refractivity contribution in [2.45, 2.75) is 19.1 Å². The Morgan fingerprint density at radius 3 is 2.72 bits per heavy atom. The van der Waals surface area contributed by atoms with E-state index in [1.807, 2.05) is 6.92 Å². The maximum atomic E-state index is 13.8. The molecule has 2 nitrogen and oxygen atoms in total. The zero-order chi connectivity index (χ0) is 13.0. The number of halogens is 2. The fourth-order valence-electron chi connectivity index (χ4n) is 2.15. The van der Waals surface area contributed by atoms with Gasteiger partial charge in [0.2, 0.25) is 0 Å². The van der Waals surface area contributed by atoms with Crippen molar-refractivity contribution >= 4 is 11.8 Å². The van der Waals surface area contributed by atoms with Gasteiger partial charge in [-0.25, -0.2) is 8.78 Å². The average molecular weight is 273 g/mol. The first-order valence-electron chi connectivity index (χ1n) is 6.10. The first kappa shape index (κ1) is 13.8. The largest absolute Gasteiger partial charge is 0.375 e. The highest BCUT2D eigenvalue weighted by Gasteiger charge is 2.29. The third kappa shape index (κ3) is 3.02.